The van der Waals surface area contributed by atoms with Crippen molar-refractivity contribution in [3.05, 3.63) is 6.07 Å². The number of nitrogens with zero attached hydrogens (tertiary/aromatic N) is 3. The van der Waals surface area contributed by atoms with Gasteiger partial charge in [-0.25, -0.2) is 0 Å². The molecule has 0 radical (unpaired) electrons. The molecule has 1 saturated heterocycles. The summed E-state index contributed by atoms with van der Waals surface area (Å²) in [5.41, 5.74) is 5.66. The van der Waals surface area contributed by atoms with Gasteiger partial charge in [0.1, 0.15) is 11.6 Å². The Morgan fingerprint density at radius 1 is 1.35 bits per heavy atom. The third-order valence-corrected chi connectivity index (χ3v) is 3.18. The first-order valence-corrected chi connectivity index (χ1v) is 7.09. The van der Waals surface area contributed by atoms with E-state index in [0.717, 1.165) is 44.8 Å². The number of nitrogens with two attached hydrogens (primary N) is 1. The SMILES string of the molecule is CCNc1cc(NCCCN2CCCC2=O)nc(N)n1. The molecule has 2 rings (SSSR count). The van der Waals surface area contributed by atoms with Crippen LogP contribution in [0.5, 0.6) is 0 Å². The molecular formula is C13H22N6O. The van der Waals surface area contributed by atoms with Crippen molar-refractivity contribution >= 4 is 23.5 Å². The molecule has 0 bridgehead atoms. The van der Waals surface area contributed by atoms with Gasteiger partial charge in [0.25, 0.3) is 0 Å². The number of likely N-dealkylation sites (tertiary alicyclic amines) is 1. The maximum Gasteiger partial charge on any atom is 0.223 e. The van der Waals surface area contributed by atoms with E-state index in [4.69, 9.17) is 5.73 Å². The maximum absolute atomic E-state index is 11.5. The second-order valence-corrected chi connectivity index (χ2v) is 4.79. The van der Waals surface area contributed by atoms with Crippen molar-refractivity contribution < 1.29 is 4.79 Å². The van der Waals surface area contributed by atoms with Gasteiger partial charge in [0, 0.05) is 38.7 Å². The number of carbonyl (C=O) groups excluding carboxylic acids is 1. The highest BCUT2D eigenvalue weighted by Gasteiger charge is 2.18. The zero-order chi connectivity index (χ0) is 14.4. The topological polar surface area (TPSA) is 96.2 Å². The van der Waals surface area contributed by atoms with Crippen molar-refractivity contribution in [2.24, 2.45) is 0 Å². The molecule has 4 N–H and O–H groups in total. The van der Waals surface area contributed by atoms with Crippen LogP contribution in [0.3, 0.4) is 0 Å². The molecule has 0 atom stereocenters. The van der Waals surface area contributed by atoms with Crippen LogP contribution in [-0.4, -0.2) is 47.0 Å². The van der Waals surface area contributed by atoms with Gasteiger partial charge in [-0.1, -0.05) is 0 Å². The van der Waals surface area contributed by atoms with Gasteiger partial charge in [0.15, 0.2) is 0 Å². The van der Waals surface area contributed by atoms with Crippen molar-refractivity contribution in [3.8, 4) is 0 Å². The Balaban J connectivity index is 1.77. The number of amides is 1. The average molecular weight is 278 g/mol. The molecule has 1 fully saturated rings. The summed E-state index contributed by atoms with van der Waals surface area (Å²) in [6.07, 6.45) is 2.58. The van der Waals surface area contributed by atoms with Crippen molar-refractivity contribution in [3.63, 3.8) is 0 Å². The summed E-state index contributed by atoms with van der Waals surface area (Å²) in [7, 11) is 0. The van der Waals surface area contributed by atoms with Gasteiger partial charge in [-0.2, -0.15) is 9.97 Å². The smallest absolute Gasteiger partial charge is 0.223 e. The first-order chi connectivity index (χ1) is 9.69. The molecule has 1 amide bonds. The highest BCUT2D eigenvalue weighted by atomic mass is 16.2. The lowest BCUT2D eigenvalue weighted by Crippen LogP contribution is -2.27. The summed E-state index contributed by atoms with van der Waals surface area (Å²) >= 11 is 0. The van der Waals surface area contributed by atoms with E-state index in [9.17, 15) is 4.79 Å². The van der Waals surface area contributed by atoms with Crippen LogP contribution in [-0.2, 0) is 4.79 Å². The largest absolute Gasteiger partial charge is 0.370 e. The molecule has 110 valence electrons. The van der Waals surface area contributed by atoms with Gasteiger partial charge in [0.2, 0.25) is 11.9 Å². The van der Waals surface area contributed by atoms with Gasteiger partial charge in [0.05, 0.1) is 0 Å². The quantitative estimate of drug-likeness (QED) is 0.642. The molecule has 1 aromatic heterocycles. The molecule has 0 aliphatic carbocycles. The third kappa shape index (κ3) is 3.97. The third-order valence-electron chi connectivity index (χ3n) is 3.18. The minimum absolute atomic E-state index is 0.251. The van der Waals surface area contributed by atoms with Crippen LogP contribution < -0.4 is 16.4 Å². The molecule has 1 aromatic rings. The van der Waals surface area contributed by atoms with E-state index >= 15 is 0 Å². The van der Waals surface area contributed by atoms with Crippen LogP contribution in [0, 0.1) is 0 Å². The normalized spacial score (nSPS) is 14.7. The Bertz CT molecular complexity index is 464. The van der Waals surface area contributed by atoms with E-state index in [1.807, 2.05) is 17.9 Å². The fraction of sp³-hybridized carbons (Fsp3) is 0.615. The lowest BCUT2D eigenvalue weighted by atomic mass is 10.3. The molecule has 1 aliphatic heterocycles. The van der Waals surface area contributed by atoms with E-state index in [1.165, 1.54) is 0 Å². The van der Waals surface area contributed by atoms with Crippen molar-refractivity contribution in [2.45, 2.75) is 26.2 Å². The molecular weight excluding hydrogens is 256 g/mol. The lowest BCUT2D eigenvalue weighted by Gasteiger charge is -2.15. The van der Waals surface area contributed by atoms with Gasteiger partial charge >= 0.3 is 0 Å². The number of anilines is 3. The molecule has 2 heterocycles. The number of hydrogen-bond donors (Lipinski definition) is 3. The van der Waals surface area contributed by atoms with E-state index in [2.05, 4.69) is 20.6 Å². The highest BCUT2D eigenvalue weighted by molar-refractivity contribution is 5.78. The number of hydrogen-bond acceptors (Lipinski definition) is 6. The zero-order valence-corrected chi connectivity index (χ0v) is 11.9. The van der Waals surface area contributed by atoms with E-state index in [-0.39, 0.29) is 11.9 Å². The fourth-order valence-electron chi connectivity index (χ4n) is 2.25. The first-order valence-electron chi connectivity index (χ1n) is 7.09. The van der Waals surface area contributed by atoms with Crippen LogP contribution in [0.15, 0.2) is 6.07 Å². The van der Waals surface area contributed by atoms with Crippen LogP contribution in [0.1, 0.15) is 26.2 Å². The summed E-state index contributed by atoms with van der Waals surface area (Å²) in [6.45, 7) is 5.23. The van der Waals surface area contributed by atoms with Gasteiger partial charge < -0.3 is 21.3 Å². The number of carbonyl (C=O) groups is 1. The molecule has 0 saturated carbocycles. The molecule has 7 nitrogen and oxygen atoms in total. The average Bonchev–Trinajstić information content (AvgIpc) is 2.80. The van der Waals surface area contributed by atoms with Gasteiger partial charge in [-0.15, -0.1) is 0 Å². The second kappa shape index (κ2) is 6.93. The van der Waals surface area contributed by atoms with Crippen LogP contribution in [0.4, 0.5) is 17.6 Å². The minimum Gasteiger partial charge on any atom is -0.370 e. The standard InChI is InChI=1S/C13H22N6O/c1-2-15-10-9-11(18-13(14)17-10)16-6-4-8-19-7-3-5-12(19)20/h9H,2-8H2,1H3,(H4,14,15,16,17,18). The van der Waals surface area contributed by atoms with Crippen LogP contribution >= 0.6 is 0 Å². The minimum atomic E-state index is 0.251. The number of nitrogens with one attached hydrogen (secondary N) is 2. The highest BCUT2D eigenvalue weighted by Crippen LogP contribution is 2.13. The number of nitrogen functional groups attached to an aromatic ring is 1. The Morgan fingerprint density at radius 3 is 2.75 bits per heavy atom. The summed E-state index contributed by atoms with van der Waals surface area (Å²) < 4.78 is 0. The Labute approximate surface area is 119 Å². The summed E-state index contributed by atoms with van der Waals surface area (Å²) in [4.78, 5) is 21.6. The van der Waals surface area contributed by atoms with E-state index in [0.29, 0.717) is 12.2 Å². The van der Waals surface area contributed by atoms with Crippen LogP contribution in [0.25, 0.3) is 0 Å². The van der Waals surface area contributed by atoms with E-state index < -0.39 is 0 Å². The predicted molar refractivity (Wildman–Crippen MR) is 79.5 cm³/mol. The molecule has 20 heavy (non-hydrogen) atoms. The molecule has 0 spiro atoms. The summed E-state index contributed by atoms with van der Waals surface area (Å²) in [5, 5.41) is 6.32. The summed E-state index contributed by atoms with van der Waals surface area (Å²) in [6, 6.07) is 1.83. The molecule has 0 unspecified atom stereocenters. The predicted octanol–water partition coefficient (Wildman–Crippen LogP) is 0.915. The molecule has 1 aliphatic rings. The number of rotatable bonds is 7. The Hall–Kier alpha value is -2.05. The van der Waals surface area contributed by atoms with Gasteiger partial charge in [-0.3, -0.25) is 4.79 Å². The maximum atomic E-state index is 11.5. The first kappa shape index (κ1) is 14.4. The Kier molecular flexibility index (Phi) is 4.97. The zero-order valence-electron chi connectivity index (χ0n) is 11.9. The van der Waals surface area contributed by atoms with Crippen LogP contribution in [0.2, 0.25) is 0 Å². The van der Waals surface area contributed by atoms with Crippen molar-refractivity contribution in [1.29, 1.82) is 0 Å². The van der Waals surface area contributed by atoms with E-state index in [1.54, 1.807) is 0 Å². The Morgan fingerprint density at radius 2 is 2.10 bits per heavy atom. The van der Waals surface area contributed by atoms with Crippen molar-refractivity contribution in [2.75, 3.05) is 42.5 Å². The number of aromatic nitrogens is 2. The summed E-state index contributed by atoms with van der Waals surface area (Å²) in [5.74, 6) is 1.95. The monoisotopic (exact) mass is 278 g/mol. The molecule has 0 aromatic carbocycles. The van der Waals surface area contributed by atoms with Crippen molar-refractivity contribution in [1.82, 2.24) is 14.9 Å². The lowest BCUT2D eigenvalue weighted by molar-refractivity contribution is -0.127. The molecule has 7 heteroatoms. The fourth-order valence-corrected chi connectivity index (χ4v) is 2.25. The second-order valence-electron chi connectivity index (χ2n) is 4.79. The van der Waals surface area contributed by atoms with Gasteiger partial charge in [-0.05, 0) is 19.8 Å².